The molecule has 1 N–H and O–H groups in total. The van der Waals surface area contributed by atoms with E-state index in [9.17, 15) is 0 Å². The van der Waals surface area contributed by atoms with Crippen molar-refractivity contribution in [3.8, 4) is 0 Å². The van der Waals surface area contributed by atoms with Crippen molar-refractivity contribution in [3.05, 3.63) is 35.4 Å². The molecule has 1 atom stereocenters. The van der Waals surface area contributed by atoms with E-state index in [1.807, 2.05) is 0 Å². The lowest BCUT2D eigenvalue weighted by molar-refractivity contribution is 0.0881. The van der Waals surface area contributed by atoms with Crippen LogP contribution in [0.2, 0.25) is 0 Å². The van der Waals surface area contributed by atoms with Crippen LogP contribution in [-0.4, -0.2) is 37.1 Å². The Hall–Kier alpha value is -0.860. The Balaban J connectivity index is 3.03. The SMILES string of the molecule is CCCNC(Cc1cccc(C)c1)C(CC)(CC)N(C)C. The Bertz CT molecular complexity index is 408. The highest BCUT2D eigenvalue weighted by atomic mass is 15.2. The van der Waals surface area contributed by atoms with Crippen LogP contribution in [0.3, 0.4) is 0 Å². The van der Waals surface area contributed by atoms with Crippen LogP contribution in [0.5, 0.6) is 0 Å². The van der Waals surface area contributed by atoms with Crippen molar-refractivity contribution in [2.45, 2.75) is 65.0 Å². The lowest BCUT2D eigenvalue weighted by Gasteiger charge is -2.46. The first-order valence-electron chi connectivity index (χ1n) is 8.46. The monoisotopic (exact) mass is 290 g/mol. The molecular formula is C19H34N2. The van der Waals surface area contributed by atoms with Crippen molar-refractivity contribution in [1.82, 2.24) is 10.2 Å². The smallest absolute Gasteiger partial charge is 0.0354 e. The predicted molar refractivity (Wildman–Crippen MR) is 94.0 cm³/mol. The molecule has 21 heavy (non-hydrogen) atoms. The highest BCUT2D eigenvalue weighted by molar-refractivity contribution is 5.24. The molecule has 0 radical (unpaired) electrons. The first-order valence-corrected chi connectivity index (χ1v) is 8.46. The standard InChI is InChI=1S/C19H34N2/c1-7-13-20-18(19(8-2,9-3)21(5)6)15-17-12-10-11-16(4)14-17/h10-12,14,18,20H,7-9,13,15H2,1-6H3. The summed E-state index contributed by atoms with van der Waals surface area (Å²) >= 11 is 0. The molecule has 2 heteroatoms. The molecule has 0 saturated carbocycles. The third-order valence-electron chi connectivity index (χ3n) is 4.93. The van der Waals surface area contributed by atoms with Gasteiger partial charge in [-0.25, -0.2) is 0 Å². The molecule has 0 aliphatic heterocycles. The maximum atomic E-state index is 3.82. The minimum atomic E-state index is 0.221. The molecule has 0 saturated heterocycles. The second kappa shape index (κ2) is 8.55. The Labute approximate surface area is 131 Å². The van der Waals surface area contributed by atoms with E-state index < -0.39 is 0 Å². The summed E-state index contributed by atoms with van der Waals surface area (Å²) in [5.74, 6) is 0. The van der Waals surface area contributed by atoms with Crippen molar-refractivity contribution >= 4 is 0 Å². The molecule has 0 fully saturated rings. The molecule has 0 aliphatic rings. The summed E-state index contributed by atoms with van der Waals surface area (Å²) < 4.78 is 0. The van der Waals surface area contributed by atoms with Gasteiger partial charge in [-0.2, -0.15) is 0 Å². The van der Waals surface area contributed by atoms with E-state index in [1.54, 1.807) is 0 Å². The van der Waals surface area contributed by atoms with Crippen LogP contribution in [0.4, 0.5) is 0 Å². The predicted octanol–water partition coefficient (Wildman–Crippen LogP) is 4.03. The normalized spacial score (nSPS) is 13.7. The Morgan fingerprint density at radius 3 is 2.29 bits per heavy atom. The number of rotatable bonds is 9. The summed E-state index contributed by atoms with van der Waals surface area (Å²) in [6, 6.07) is 9.43. The first kappa shape index (κ1) is 18.2. The minimum Gasteiger partial charge on any atom is -0.312 e. The van der Waals surface area contributed by atoms with Crippen LogP contribution in [0.1, 0.15) is 51.2 Å². The first-order chi connectivity index (χ1) is 10.00. The minimum absolute atomic E-state index is 0.221. The van der Waals surface area contributed by atoms with Gasteiger partial charge in [-0.15, -0.1) is 0 Å². The number of likely N-dealkylation sites (N-methyl/N-ethyl adjacent to an activating group) is 1. The molecule has 0 heterocycles. The number of nitrogens with zero attached hydrogens (tertiary/aromatic N) is 1. The molecule has 120 valence electrons. The average Bonchev–Trinajstić information content (AvgIpc) is 2.46. The molecule has 0 aromatic heterocycles. The van der Waals surface area contributed by atoms with E-state index in [0.29, 0.717) is 6.04 Å². The zero-order valence-electron chi connectivity index (χ0n) is 14.9. The number of benzene rings is 1. The molecule has 1 aromatic rings. The van der Waals surface area contributed by atoms with Crippen molar-refractivity contribution in [2.24, 2.45) is 0 Å². The van der Waals surface area contributed by atoms with Gasteiger partial charge in [0.1, 0.15) is 0 Å². The van der Waals surface area contributed by atoms with Gasteiger partial charge < -0.3 is 10.2 Å². The lowest BCUT2D eigenvalue weighted by Crippen LogP contribution is -2.59. The Morgan fingerprint density at radius 2 is 1.81 bits per heavy atom. The van der Waals surface area contributed by atoms with Gasteiger partial charge in [0.2, 0.25) is 0 Å². The topological polar surface area (TPSA) is 15.3 Å². The van der Waals surface area contributed by atoms with Crippen molar-refractivity contribution in [3.63, 3.8) is 0 Å². The number of nitrogens with one attached hydrogen (secondary N) is 1. The second-order valence-corrected chi connectivity index (χ2v) is 6.40. The highest BCUT2D eigenvalue weighted by Crippen LogP contribution is 2.28. The van der Waals surface area contributed by atoms with Gasteiger partial charge in [-0.3, -0.25) is 0 Å². The van der Waals surface area contributed by atoms with Gasteiger partial charge >= 0.3 is 0 Å². The molecular weight excluding hydrogens is 256 g/mol. The number of hydrogen-bond acceptors (Lipinski definition) is 2. The molecule has 1 unspecified atom stereocenters. The summed E-state index contributed by atoms with van der Waals surface area (Å²) in [6.45, 7) is 10.1. The highest BCUT2D eigenvalue weighted by Gasteiger charge is 2.37. The lowest BCUT2D eigenvalue weighted by atomic mass is 9.80. The van der Waals surface area contributed by atoms with Gasteiger partial charge in [-0.05, 0) is 58.8 Å². The summed E-state index contributed by atoms with van der Waals surface area (Å²) in [5, 5.41) is 3.82. The fourth-order valence-corrected chi connectivity index (χ4v) is 3.53. The van der Waals surface area contributed by atoms with Gasteiger partial charge in [0, 0.05) is 11.6 Å². The van der Waals surface area contributed by atoms with Crippen molar-refractivity contribution in [2.75, 3.05) is 20.6 Å². The van der Waals surface area contributed by atoms with Crippen LogP contribution in [0.25, 0.3) is 0 Å². The molecule has 0 spiro atoms. The second-order valence-electron chi connectivity index (χ2n) is 6.40. The third kappa shape index (κ3) is 4.55. The van der Waals surface area contributed by atoms with E-state index in [-0.39, 0.29) is 5.54 Å². The van der Waals surface area contributed by atoms with Gasteiger partial charge in [-0.1, -0.05) is 50.6 Å². The molecule has 0 aliphatic carbocycles. The summed E-state index contributed by atoms with van der Waals surface area (Å²) in [6.07, 6.45) is 4.62. The summed E-state index contributed by atoms with van der Waals surface area (Å²) in [4.78, 5) is 2.43. The van der Waals surface area contributed by atoms with Crippen LogP contribution < -0.4 is 5.32 Å². The Morgan fingerprint density at radius 1 is 1.14 bits per heavy atom. The molecule has 2 nitrogen and oxygen atoms in total. The van der Waals surface area contributed by atoms with E-state index >= 15 is 0 Å². The number of hydrogen-bond donors (Lipinski definition) is 1. The zero-order valence-corrected chi connectivity index (χ0v) is 14.9. The molecule has 1 aromatic carbocycles. The van der Waals surface area contributed by atoms with Crippen molar-refractivity contribution in [1.29, 1.82) is 0 Å². The van der Waals surface area contributed by atoms with E-state index in [2.05, 4.69) is 76.3 Å². The maximum Gasteiger partial charge on any atom is 0.0354 e. The Kier molecular flexibility index (Phi) is 7.41. The van der Waals surface area contributed by atoms with Crippen LogP contribution >= 0.6 is 0 Å². The summed E-state index contributed by atoms with van der Waals surface area (Å²) in [7, 11) is 4.45. The number of aryl methyl sites for hydroxylation is 1. The van der Waals surface area contributed by atoms with Gasteiger partial charge in [0.25, 0.3) is 0 Å². The average molecular weight is 290 g/mol. The van der Waals surface area contributed by atoms with E-state index in [0.717, 1.165) is 13.0 Å². The quantitative estimate of drug-likeness (QED) is 0.739. The summed E-state index contributed by atoms with van der Waals surface area (Å²) in [5.41, 5.74) is 3.01. The molecule has 0 amide bonds. The van der Waals surface area contributed by atoms with E-state index in [4.69, 9.17) is 0 Å². The van der Waals surface area contributed by atoms with Gasteiger partial charge in [0.15, 0.2) is 0 Å². The third-order valence-corrected chi connectivity index (χ3v) is 4.93. The largest absolute Gasteiger partial charge is 0.312 e. The van der Waals surface area contributed by atoms with Crippen LogP contribution in [0.15, 0.2) is 24.3 Å². The van der Waals surface area contributed by atoms with Crippen molar-refractivity contribution < 1.29 is 0 Å². The van der Waals surface area contributed by atoms with Crippen LogP contribution in [-0.2, 0) is 6.42 Å². The fraction of sp³-hybridized carbons (Fsp3) is 0.684. The van der Waals surface area contributed by atoms with Gasteiger partial charge in [0.05, 0.1) is 0 Å². The maximum absolute atomic E-state index is 3.82. The molecule has 1 rings (SSSR count). The molecule has 0 bridgehead atoms. The van der Waals surface area contributed by atoms with E-state index in [1.165, 1.54) is 30.4 Å². The fourth-order valence-electron chi connectivity index (χ4n) is 3.53. The zero-order chi connectivity index (χ0) is 15.9. The van der Waals surface area contributed by atoms with Crippen LogP contribution in [0, 0.1) is 6.92 Å².